The molecule has 0 spiro atoms. The fraction of sp³-hybridized carbons (Fsp3) is 0.462. The van der Waals surface area contributed by atoms with Crippen molar-refractivity contribution in [3.8, 4) is 0 Å². The average Bonchev–Trinajstić information content (AvgIpc) is 2.38. The van der Waals surface area contributed by atoms with Gasteiger partial charge in [0.25, 0.3) is 5.69 Å². The minimum absolute atomic E-state index is 0.109. The molecule has 0 saturated carbocycles. The van der Waals surface area contributed by atoms with Crippen LogP contribution in [0.2, 0.25) is 0 Å². The third-order valence-corrected chi connectivity index (χ3v) is 2.93. The number of carbonyl (C=O) groups is 1. The van der Waals surface area contributed by atoms with Crippen molar-refractivity contribution in [2.75, 3.05) is 25.6 Å². The zero-order valence-corrected chi connectivity index (χ0v) is 11.4. The van der Waals surface area contributed by atoms with Gasteiger partial charge in [0.15, 0.2) is 0 Å². The first-order valence-corrected chi connectivity index (χ1v) is 5.98. The minimum Gasteiger partial charge on any atom is -0.469 e. The molecule has 6 nitrogen and oxygen atoms in total. The monoisotopic (exact) mass is 266 g/mol. The molecular formula is C13H18N2O4. The first-order valence-electron chi connectivity index (χ1n) is 5.98. The van der Waals surface area contributed by atoms with Crippen molar-refractivity contribution < 1.29 is 14.5 Å². The Kier molecular flexibility index (Phi) is 5.29. The van der Waals surface area contributed by atoms with E-state index in [-0.39, 0.29) is 16.6 Å². The van der Waals surface area contributed by atoms with E-state index in [2.05, 4.69) is 4.74 Å². The van der Waals surface area contributed by atoms with Gasteiger partial charge >= 0.3 is 5.97 Å². The second-order valence-electron chi connectivity index (χ2n) is 4.33. The number of esters is 1. The summed E-state index contributed by atoms with van der Waals surface area (Å²) in [4.78, 5) is 23.3. The van der Waals surface area contributed by atoms with Gasteiger partial charge in [-0.3, -0.25) is 14.9 Å². The van der Waals surface area contributed by atoms with Gasteiger partial charge in [-0.05, 0) is 19.4 Å². The second-order valence-corrected chi connectivity index (χ2v) is 4.33. The molecule has 0 fully saturated rings. The Balaban J connectivity index is 2.67. The van der Waals surface area contributed by atoms with E-state index in [0.717, 1.165) is 5.69 Å². The number of nitrogens with zero attached hydrogens (tertiary/aromatic N) is 2. The predicted octanol–water partition coefficient (Wildman–Crippen LogP) is 2.29. The van der Waals surface area contributed by atoms with Crippen molar-refractivity contribution in [2.45, 2.75) is 19.8 Å². The normalized spacial score (nSPS) is 10.1. The van der Waals surface area contributed by atoms with Crippen LogP contribution < -0.4 is 4.90 Å². The van der Waals surface area contributed by atoms with Crippen LogP contribution in [-0.2, 0) is 9.53 Å². The van der Waals surface area contributed by atoms with Gasteiger partial charge in [0.05, 0.1) is 12.0 Å². The number of methoxy groups -OCH3 is 1. The lowest BCUT2D eigenvalue weighted by Crippen LogP contribution is -2.19. The topological polar surface area (TPSA) is 72.7 Å². The van der Waals surface area contributed by atoms with E-state index in [1.807, 2.05) is 18.0 Å². The Morgan fingerprint density at radius 1 is 1.47 bits per heavy atom. The lowest BCUT2D eigenvalue weighted by Gasteiger charge is -2.19. The third kappa shape index (κ3) is 4.24. The molecule has 0 bridgehead atoms. The Labute approximate surface area is 112 Å². The van der Waals surface area contributed by atoms with Gasteiger partial charge in [0, 0.05) is 37.3 Å². The molecule has 0 aliphatic rings. The zero-order valence-electron chi connectivity index (χ0n) is 11.4. The number of aryl methyl sites for hydroxylation is 1. The lowest BCUT2D eigenvalue weighted by atomic mass is 10.1. The van der Waals surface area contributed by atoms with E-state index in [4.69, 9.17) is 0 Å². The predicted molar refractivity (Wildman–Crippen MR) is 72.4 cm³/mol. The van der Waals surface area contributed by atoms with Crippen molar-refractivity contribution in [3.63, 3.8) is 0 Å². The molecule has 0 N–H and O–H groups in total. The summed E-state index contributed by atoms with van der Waals surface area (Å²) in [7, 11) is 3.20. The zero-order chi connectivity index (χ0) is 14.4. The maximum absolute atomic E-state index is 11.0. The maximum atomic E-state index is 11.0. The maximum Gasteiger partial charge on any atom is 0.305 e. The van der Waals surface area contributed by atoms with E-state index in [0.29, 0.717) is 24.9 Å². The Morgan fingerprint density at radius 3 is 2.74 bits per heavy atom. The van der Waals surface area contributed by atoms with Gasteiger partial charge in [-0.15, -0.1) is 0 Å². The van der Waals surface area contributed by atoms with Crippen molar-refractivity contribution >= 4 is 17.3 Å². The van der Waals surface area contributed by atoms with Gasteiger partial charge < -0.3 is 9.64 Å². The number of hydrogen-bond donors (Lipinski definition) is 0. The first-order chi connectivity index (χ1) is 8.95. The third-order valence-electron chi connectivity index (χ3n) is 2.93. The summed E-state index contributed by atoms with van der Waals surface area (Å²) >= 11 is 0. The Morgan fingerprint density at radius 2 is 2.16 bits per heavy atom. The number of ether oxygens (including phenoxy) is 1. The van der Waals surface area contributed by atoms with Crippen LogP contribution in [0.5, 0.6) is 0 Å². The highest BCUT2D eigenvalue weighted by Gasteiger charge is 2.13. The molecule has 1 rings (SSSR count). The molecule has 6 heteroatoms. The highest BCUT2D eigenvalue weighted by atomic mass is 16.6. The highest BCUT2D eigenvalue weighted by molar-refractivity contribution is 5.69. The van der Waals surface area contributed by atoms with E-state index >= 15 is 0 Å². The molecule has 0 amide bonds. The van der Waals surface area contributed by atoms with Crippen LogP contribution in [0.15, 0.2) is 18.2 Å². The Hall–Kier alpha value is -2.11. The molecule has 0 radical (unpaired) electrons. The smallest absolute Gasteiger partial charge is 0.305 e. The number of nitro benzene ring substituents is 1. The van der Waals surface area contributed by atoms with Crippen molar-refractivity contribution in [1.82, 2.24) is 0 Å². The number of carbonyl (C=O) groups excluding carboxylic acids is 1. The molecule has 0 aliphatic carbocycles. The summed E-state index contributed by atoms with van der Waals surface area (Å²) in [6, 6.07) is 5.11. The number of nitro groups is 1. The summed E-state index contributed by atoms with van der Waals surface area (Å²) in [5.74, 6) is -0.247. The Bertz CT molecular complexity index is 474. The van der Waals surface area contributed by atoms with Gasteiger partial charge in [-0.2, -0.15) is 0 Å². The molecule has 0 aromatic heterocycles. The minimum atomic E-state index is -0.388. The van der Waals surface area contributed by atoms with Crippen LogP contribution >= 0.6 is 0 Å². The first kappa shape index (κ1) is 14.9. The SMILES string of the molecule is COC(=O)CCCN(C)c1ccc(C)c([N+](=O)[O-])c1. The number of anilines is 1. The molecule has 0 unspecified atom stereocenters. The summed E-state index contributed by atoms with van der Waals surface area (Å²) < 4.78 is 4.56. The molecule has 0 heterocycles. The molecule has 0 saturated heterocycles. The van der Waals surface area contributed by atoms with E-state index < -0.39 is 0 Å². The van der Waals surface area contributed by atoms with Crippen LogP contribution in [0.1, 0.15) is 18.4 Å². The molecule has 1 aromatic carbocycles. The van der Waals surface area contributed by atoms with E-state index in [9.17, 15) is 14.9 Å². The van der Waals surface area contributed by atoms with E-state index in [1.54, 1.807) is 19.1 Å². The number of rotatable bonds is 6. The molecule has 0 atom stereocenters. The molecule has 104 valence electrons. The van der Waals surface area contributed by atoms with E-state index in [1.165, 1.54) is 7.11 Å². The number of benzene rings is 1. The fourth-order valence-electron chi connectivity index (χ4n) is 1.72. The highest BCUT2D eigenvalue weighted by Crippen LogP contribution is 2.24. The summed E-state index contributed by atoms with van der Waals surface area (Å²) in [6.07, 6.45) is 0.986. The lowest BCUT2D eigenvalue weighted by molar-refractivity contribution is -0.385. The molecule has 1 aromatic rings. The van der Waals surface area contributed by atoms with Crippen LogP contribution in [0, 0.1) is 17.0 Å². The summed E-state index contributed by atoms with van der Waals surface area (Å²) in [5.41, 5.74) is 1.51. The molecule has 19 heavy (non-hydrogen) atoms. The average molecular weight is 266 g/mol. The van der Waals surface area contributed by atoms with Gasteiger partial charge in [-0.1, -0.05) is 6.07 Å². The fourth-order valence-corrected chi connectivity index (χ4v) is 1.72. The van der Waals surface area contributed by atoms with Crippen LogP contribution in [0.3, 0.4) is 0 Å². The van der Waals surface area contributed by atoms with Crippen LogP contribution in [0.4, 0.5) is 11.4 Å². The second kappa shape index (κ2) is 6.72. The van der Waals surface area contributed by atoms with Crippen molar-refractivity contribution in [2.24, 2.45) is 0 Å². The summed E-state index contributed by atoms with van der Waals surface area (Å²) in [5, 5.41) is 10.9. The molecular weight excluding hydrogens is 248 g/mol. The van der Waals surface area contributed by atoms with Crippen LogP contribution in [-0.4, -0.2) is 31.6 Å². The quantitative estimate of drug-likeness (QED) is 0.448. The van der Waals surface area contributed by atoms with Crippen LogP contribution in [0.25, 0.3) is 0 Å². The standard InChI is InChI=1S/C13H18N2O4/c1-10-6-7-11(9-12(10)15(17)18)14(2)8-4-5-13(16)19-3/h6-7,9H,4-5,8H2,1-3H3. The molecule has 0 aliphatic heterocycles. The largest absolute Gasteiger partial charge is 0.469 e. The van der Waals surface area contributed by atoms with Gasteiger partial charge in [-0.25, -0.2) is 0 Å². The summed E-state index contributed by atoms with van der Waals surface area (Å²) in [6.45, 7) is 2.34. The number of hydrogen-bond acceptors (Lipinski definition) is 5. The van der Waals surface area contributed by atoms with Crippen molar-refractivity contribution in [1.29, 1.82) is 0 Å². The van der Waals surface area contributed by atoms with Crippen molar-refractivity contribution in [3.05, 3.63) is 33.9 Å². The van der Waals surface area contributed by atoms with Gasteiger partial charge in [0.2, 0.25) is 0 Å². The van der Waals surface area contributed by atoms with Gasteiger partial charge in [0.1, 0.15) is 0 Å².